The fourth-order valence-corrected chi connectivity index (χ4v) is 2.19. The van der Waals surface area contributed by atoms with Crippen molar-refractivity contribution in [1.29, 1.82) is 0 Å². The molecule has 0 radical (unpaired) electrons. The van der Waals surface area contributed by atoms with Gasteiger partial charge in [0.15, 0.2) is 0 Å². The van der Waals surface area contributed by atoms with E-state index in [9.17, 15) is 0 Å². The molecular weight excluding hydrogens is 260 g/mol. The molecule has 0 atom stereocenters. The monoisotopic (exact) mass is 278 g/mol. The number of aromatic amines is 1. The van der Waals surface area contributed by atoms with Crippen LogP contribution >= 0.6 is 11.6 Å². The van der Waals surface area contributed by atoms with Gasteiger partial charge in [-0.15, -0.1) is 0 Å². The summed E-state index contributed by atoms with van der Waals surface area (Å²) in [6, 6.07) is 7.48. The summed E-state index contributed by atoms with van der Waals surface area (Å²) in [5, 5.41) is 7.95. The number of rotatable bonds is 6. The van der Waals surface area contributed by atoms with Gasteiger partial charge in [-0.3, -0.25) is 5.10 Å². The van der Waals surface area contributed by atoms with Crippen LogP contribution in [-0.4, -0.2) is 16.8 Å². The molecule has 0 spiro atoms. The topological polar surface area (TPSA) is 37.9 Å². The normalized spacial score (nSPS) is 10.7. The quantitative estimate of drug-likeness (QED) is 0.809. The predicted molar refractivity (Wildman–Crippen MR) is 77.9 cm³/mol. The van der Waals surface area contributed by atoms with E-state index in [1.165, 1.54) is 11.3 Å². The van der Waals surface area contributed by atoms with Crippen molar-refractivity contribution in [3.8, 4) is 5.75 Å². The third-order valence-electron chi connectivity index (χ3n) is 3.18. The lowest BCUT2D eigenvalue weighted by atomic mass is 10.1. The van der Waals surface area contributed by atoms with Crippen molar-refractivity contribution in [2.45, 2.75) is 33.1 Å². The van der Waals surface area contributed by atoms with Crippen LogP contribution in [0.15, 0.2) is 24.3 Å². The molecule has 4 heteroatoms. The smallest absolute Gasteiger partial charge is 0.119 e. The largest absolute Gasteiger partial charge is 0.494 e. The van der Waals surface area contributed by atoms with Gasteiger partial charge < -0.3 is 4.74 Å². The molecule has 1 N–H and O–H groups in total. The number of aryl methyl sites for hydroxylation is 2. The molecule has 0 saturated heterocycles. The lowest BCUT2D eigenvalue weighted by Gasteiger charge is -2.06. The lowest BCUT2D eigenvalue weighted by Crippen LogP contribution is -1.99. The Morgan fingerprint density at radius 3 is 2.53 bits per heavy atom. The molecule has 0 aliphatic rings. The molecule has 1 aromatic heterocycles. The molecule has 0 fully saturated rings. The maximum atomic E-state index is 5.82. The molecule has 0 aliphatic heterocycles. The van der Waals surface area contributed by atoms with Crippen LogP contribution in [0, 0.1) is 13.8 Å². The van der Waals surface area contributed by atoms with Gasteiger partial charge in [-0.1, -0.05) is 11.6 Å². The first kappa shape index (κ1) is 13.9. The van der Waals surface area contributed by atoms with Crippen molar-refractivity contribution < 1.29 is 4.74 Å². The number of nitrogens with zero attached hydrogens (tertiary/aromatic N) is 1. The molecule has 0 unspecified atom stereocenters. The van der Waals surface area contributed by atoms with E-state index in [0.29, 0.717) is 0 Å². The molecule has 3 nitrogen and oxygen atoms in total. The second-order valence-corrected chi connectivity index (χ2v) is 5.11. The number of halogens is 1. The Kier molecular flexibility index (Phi) is 4.86. The van der Waals surface area contributed by atoms with Gasteiger partial charge in [0.05, 0.1) is 12.3 Å². The Morgan fingerprint density at radius 1 is 1.16 bits per heavy atom. The number of nitrogens with one attached hydrogen (secondary N) is 1. The van der Waals surface area contributed by atoms with Gasteiger partial charge in [-0.05, 0) is 62.9 Å². The minimum absolute atomic E-state index is 0.734. The van der Waals surface area contributed by atoms with Crippen molar-refractivity contribution in [1.82, 2.24) is 10.2 Å². The highest BCUT2D eigenvalue weighted by molar-refractivity contribution is 6.30. The molecule has 0 saturated carbocycles. The number of H-pyrrole nitrogens is 1. The maximum absolute atomic E-state index is 5.82. The Balaban J connectivity index is 1.69. The number of hydrogen-bond acceptors (Lipinski definition) is 2. The van der Waals surface area contributed by atoms with E-state index < -0.39 is 0 Å². The van der Waals surface area contributed by atoms with E-state index in [4.69, 9.17) is 16.3 Å². The van der Waals surface area contributed by atoms with E-state index in [2.05, 4.69) is 17.1 Å². The van der Waals surface area contributed by atoms with Crippen LogP contribution in [0.25, 0.3) is 0 Å². The van der Waals surface area contributed by atoms with Gasteiger partial charge in [0.25, 0.3) is 0 Å². The minimum atomic E-state index is 0.734. The average molecular weight is 279 g/mol. The molecule has 2 aromatic rings. The fraction of sp³-hybridized carbons (Fsp3) is 0.400. The van der Waals surface area contributed by atoms with Crippen molar-refractivity contribution in [3.63, 3.8) is 0 Å². The zero-order valence-electron chi connectivity index (χ0n) is 11.4. The van der Waals surface area contributed by atoms with Crippen molar-refractivity contribution in [2.75, 3.05) is 6.61 Å². The average Bonchev–Trinajstić information content (AvgIpc) is 2.72. The first-order chi connectivity index (χ1) is 9.16. The zero-order valence-corrected chi connectivity index (χ0v) is 12.1. The second kappa shape index (κ2) is 6.62. The maximum Gasteiger partial charge on any atom is 0.119 e. The highest BCUT2D eigenvalue weighted by atomic mass is 35.5. The van der Waals surface area contributed by atoms with Crippen LogP contribution in [0.3, 0.4) is 0 Å². The molecule has 0 amide bonds. The summed E-state index contributed by atoms with van der Waals surface area (Å²) in [5.41, 5.74) is 3.62. The molecule has 1 aromatic carbocycles. The van der Waals surface area contributed by atoms with Crippen LogP contribution in [0.1, 0.15) is 29.8 Å². The van der Waals surface area contributed by atoms with Gasteiger partial charge in [0.2, 0.25) is 0 Å². The summed E-state index contributed by atoms with van der Waals surface area (Å²) in [5.74, 6) is 0.875. The van der Waals surface area contributed by atoms with Crippen molar-refractivity contribution in [3.05, 3.63) is 46.2 Å². The summed E-state index contributed by atoms with van der Waals surface area (Å²) >= 11 is 5.82. The summed E-state index contributed by atoms with van der Waals surface area (Å²) in [4.78, 5) is 0. The van der Waals surface area contributed by atoms with Gasteiger partial charge in [-0.2, -0.15) is 5.10 Å². The van der Waals surface area contributed by atoms with Crippen LogP contribution in [0.5, 0.6) is 5.75 Å². The van der Waals surface area contributed by atoms with Crippen LogP contribution in [0.2, 0.25) is 5.02 Å². The number of aromatic nitrogens is 2. The van der Waals surface area contributed by atoms with Crippen LogP contribution < -0.4 is 4.74 Å². The van der Waals surface area contributed by atoms with E-state index in [0.717, 1.165) is 42.3 Å². The molecule has 102 valence electrons. The van der Waals surface area contributed by atoms with Crippen molar-refractivity contribution in [2.24, 2.45) is 0 Å². The molecule has 0 bridgehead atoms. The van der Waals surface area contributed by atoms with Crippen LogP contribution in [-0.2, 0) is 6.42 Å². The third-order valence-corrected chi connectivity index (χ3v) is 3.44. The lowest BCUT2D eigenvalue weighted by molar-refractivity contribution is 0.307. The molecule has 1 heterocycles. The highest BCUT2D eigenvalue weighted by Gasteiger charge is 2.05. The summed E-state index contributed by atoms with van der Waals surface area (Å²) in [6.07, 6.45) is 3.19. The SMILES string of the molecule is Cc1n[nH]c(C)c1CCCCOc1ccc(Cl)cc1. The summed E-state index contributed by atoms with van der Waals surface area (Å²) in [7, 11) is 0. The van der Waals surface area contributed by atoms with Gasteiger partial charge in [-0.25, -0.2) is 0 Å². The third kappa shape index (κ3) is 4.00. The number of hydrogen-bond donors (Lipinski definition) is 1. The van der Waals surface area contributed by atoms with Crippen LogP contribution in [0.4, 0.5) is 0 Å². The molecule has 2 rings (SSSR count). The van der Waals surface area contributed by atoms with E-state index in [-0.39, 0.29) is 0 Å². The second-order valence-electron chi connectivity index (χ2n) is 4.67. The minimum Gasteiger partial charge on any atom is -0.494 e. The van der Waals surface area contributed by atoms with Gasteiger partial charge in [0, 0.05) is 10.7 Å². The standard InChI is InChI=1S/C15H19ClN2O/c1-11-15(12(2)18-17-11)5-3-4-10-19-14-8-6-13(16)7-9-14/h6-9H,3-5,10H2,1-2H3,(H,17,18). The number of unbranched alkanes of at least 4 members (excludes halogenated alkanes) is 1. The number of benzene rings is 1. The fourth-order valence-electron chi connectivity index (χ4n) is 2.07. The van der Waals surface area contributed by atoms with Crippen molar-refractivity contribution >= 4 is 11.6 Å². The van der Waals surface area contributed by atoms with E-state index in [1.807, 2.05) is 31.2 Å². The van der Waals surface area contributed by atoms with Gasteiger partial charge >= 0.3 is 0 Å². The summed E-state index contributed by atoms with van der Waals surface area (Å²) in [6.45, 7) is 4.85. The predicted octanol–water partition coefficient (Wildman–Crippen LogP) is 4.08. The first-order valence-corrected chi connectivity index (χ1v) is 6.93. The molecule has 19 heavy (non-hydrogen) atoms. The summed E-state index contributed by atoms with van der Waals surface area (Å²) < 4.78 is 5.66. The Morgan fingerprint density at radius 2 is 1.89 bits per heavy atom. The van der Waals surface area contributed by atoms with Gasteiger partial charge in [0.1, 0.15) is 5.75 Å². The Labute approximate surface area is 118 Å². The Bertz CT molecular complexity index is 500. The highest BCUT2D eigenvalue weighted by Crippen LogP contribution is 2.16. The van der Waals surface area contributed by atoms with E-state index in [1.54, 1.807) is 0 Å². The molecule has 0 aliphatic carbocycles. The molecular formula is C15H19ClN2O. The first-order valence-electron chi connectivity index (χ1n) is 6.55. The number of ether oxygens (including phenoxy) is 1. The Hall–Kier alpha value is -1.48. The van der Waals surface area contributed by atoms with E-state index >= 15 is 0 Å². The zero-order chi connectivity index (χ0) is 13.7.